The van der Waals surface area contributed by atoms with E-state index >= 15 is 0 Å². The molecule has 9 heteroatoms. The van der Waals surface area contributed by atoms with Crippen molar-refractivity contribution in [3.05, 3.63) is 4.88 Å². The molecule has 0 aliphatic rings. The molecule has 0 radical (unpaired) electrons. The van der Waals surface area contributed by atoms with Crippen LogP contribution in [0.3, 0.4) is 0 Å². The molecule has 0 saturated carbocycles. The summed E-state index contributed by atoms with van der Waals surface area (Å²) in [5.74, 6) is -0.0796. The zero-order valence-corrected chi connectivity index (χ0v) is 12.6. The Balaban J connectivity index is 2.41. The van der Waals surface area contributed by atoms with Gasteiger partial charge in [-0.3, -0.25) is 4.79 Å². The lowest BCUT2D eigenvalue weighted by atomic mass is 10.4. The van der Waals surface area contributed by atoms with Crippen LogP contribution < -0.4 is 21.7 Å². The molecule has 0 aliphatic carbocycles. The Morgan fingerprint density at radius 2 is 1.95 bits per heavy atom. The highest BCUT2D eigenvalue weighted by atomic mass is 32.1. The monoisotopic (exact) mass is 300 g/mol. The zero-order chi connectivity index (χ0) is 15.1. The molecule has 0 bridgehead atoms. The molecular formula is C11H20N6O2S. The average molecular weight is 300 g/mol. The number of anilines is 2. The minimum absolute atomic E-state index is 0.203. The SMILES string of the molecule is CCNc1nc(N)c(C(=O)NCCNC(=O)N(C)C)s1. The Morgan fingerprint density at radius 1 is 1.30 bits per heavy atom. The van der Waals surface area contributed by atoms with Crippen LogP contribution in [0.1, 0.15) is 16.6 Å². The number of nitrogens with zero attached hydrogens (tertiary/aromatic N) is 2. The number of hydrogen-bond acceptors (Lipinski definition) is 6. The summed E-state index contributed by atoms with van der Waals surface area (Å²) in [4.78, 5) is 29.0. The first kappa shape index (κ1) is 16.0. The molecule has 0 atom stereocenters. The molecule has 0 saturated heterocycles. The maximum Gasteiger partial charge on any atom is 0.316 e. The van der Waals surface area contributed by atoms with Crippen LogP contribution in [-0.4, -0.2) is 55.6 Å². The minimum atomic E-state index is -0.289. The van der Waals surface area contributed by atoms with E-state index < -0.39 is 0 Å². The summed E-state index contributed by atoms with van der Waals surface area (Å²) in [6, 6.07) is -0.203. The van der Waals surface area contributed by atoms with Crippen LogP contribution in [0.5, 0.6) is 0 Å². The third-order valence-electron chi connectivity index (χ3n) is 2.28. The van der Waals surface area contributed by atoms with Crippen LogP contribution in [0.4, 0.5) is 15.7 Å². The molecule has 1 aromatic rings. The topological polar surface area (TPSA) is 112 Å². The molecule has 0 aromatic carbocycles. The van der Waals surface area contributed by atoms with Crippen LogP contribution in [0.15, 0.2) is 0 Å². The van der Waals surface area contributed by atoms with E-state index in [1.165, 1.54) is 16.2 Å². The van der Waals surface area contributed by atoms with Gasteiger partial charge in [-0.1, -0.05) is 11.3 Å². The number of nitrogens with two attached hydrogens (primary N) is 1. The fraction of sp³-hybridized carbons (Fsp3) is 0.545. The zero-order valence-electron chi connectivity index (χ0n) is 11.8. The summed E-state index contributed by atoms with van der Waals surface area (Å²) in [5, 5.41) is 8.95. The van der Waals surface area contributed by atoms with Crippen molar-refractivity contribution in [2.24, 2.45) is 0 Å². The first-order valence-electron chi connectivity index (χ1n) is 6.19. The number of amides is 3. The number of carbonyl (C=O) groups is 2. The van der Waals surface area contributed by atoms with Crippen molar-refractivity contribution >= 4 is 34.2 Å². The molecule has 0 spiro atoms. The summed E-state index contributed by atoms with van der Waals surface area (Å²) >= 11 is 1.21. The maximum absolute atomic E-state index is 11.9. The van der Waals surface area contributed by atoms with E-state index in [0.29, 0.717) is 29.6 Å². The van der Waals surface area contributed by atoms with Crippen LogP contribution in [0.2, 0.25) is 0 Å². The van der Waals surface area contributed by atoms with Gasteiger partial charge in [0.1, 0.15) is 10.7 Å². The van der Waals surface area contributed by atoms with Crippen LogP contribution in [-0.2, 0) is 0 Å². The smallest absolute Gasteiger partial charge is 0.316 e. The Kier molecular flexibility index (Phi) is 6.04. The van der Waals surface area contributed by atoms with E-state index in [0.717, 1.165) is 0 Å². The lowest BCUT2D eigenvalue weighted by Gasteiger charge is -2.11. The third kappa shape index (κ3) is 4.57. The van der Waals surface area contributed by atoms with Gasteiger partial charge in [-0.2, -0.15) is 0 Å². The average Bonchev–Trinajstić information content (AvgIpc) is 2.75. The Morgan fingerprint density at radius 3 is 2.55 bits per heavy atom. The molecule has 0 fully saturated rings. The normalized spacial score (nSPS) is 9.95. The van der Waals surface area contributed by atoms with E-state index in [1.54, 1.807) is 14.1 Å². The highest BCUT2D eigenvalue weighted by Crippen LogP contribution is 2.24. The van der Waals surface area contributed by atoms with E-state index in [1.807, 2.05) is 6.92 Å². The second-order valence-corrected chi connectivity index (χ2v) is 5.15. The second kappa shape index (κ2) is 7.53. The maximum atomic E-state index is 11.9. The lowest BCUT2D eigenvalue weighted by molar-refractivity contribution is 0.0958. The van der Waals surface area contributed by atoms with Crippen molar-refractivity contribution in [2.75, 3.05) is 44.8 Å². The Hall–Kier alpha value is -2.03. The standard InChI is InChI=1S/C11H20N6O2S/c1-4-13-10-16-8(12)7(20-10)9(18)14-5-6-15-11(19)17(2)3/h4-6,12H2,1-3H3,(H,13,16)(H,14,18)(H,15,19). The molecule has 112 valence electrons. The predicted octanol–water partition coefficient (Wildman–Crippen LogP) is 0.158. The molecule has 1 rings (SSSR count). The van der Waals surface area contributed by atoms with Gasteiger partial charge in [0, 0.05) is 33.7 Å². The molecule has 5 N–H and O–H groups in total. The predicted molar refractivity (Wildman–Crippen MR) is 80.1 cm³/mol. The first-order chi connectivity index (χ1) is 9.45. The summed E-state index contributed by atoms with van der Waals surface area (Å²) in [6.07, 6.45) is 0. The number of nitrogens with one attached hydrogen (secondary N) is 3. The number of aromatic nitrogens is 1. The van der Waals surface area contributed by atoms with Gasteiger partial charge in [0.15, 0.2) is 5.13 Å². The van der Waals surface area contributed by atoms with E-state index in [-0.39, 0.29) is 17.8 Å². The number of thiazole rings is 1. The largest absolute Gasteiger partial charge is 0.382 e. The fourth-order valence-electron chi connectivity index (χ4n) is 1.31. The number of hydrogen-bond donors (Lipinski definition) is 4. The lowest BCUT2D eigenvalue weighted by Crippen LogP contribution is -2.39. The van der Waals surface area contributed by atoms with Crippen LogP contribution >= 0.6 is 11.3 Å². The molecule has 0 unspecified atom stereocenters. The molecule has 20 heavy (non-hydrogen) atoms. The van der Waals surface area contributed by atoms with Gasteiger partial charge >= 0.3 is 6.03 Å². The Labute approximate surface area is 121 Å². The summed E-state index contributed by atoms with van der Waals surface area (Å²) in [5.41, 5.74) is 5.69. The van der Waals surface area contributed by atoms with Crippen molar-refractivity contribution in [3.8, 4) is 0 Å². The number of carbonyl (C=O) groups excluding carboxylic acids is 2. The van der Waals surface area contributed by atoms with Gasteiger partial charge in [0.25, 0.3) is 5.91 Å². The van der Waals surface area contributed by atoms with Crippen molar-refractivity contribution in [1.82, 2.24) is 20.5 Å². The number of nitrogen functional groups attached to an aromatic ring is 1. The summed E-state index contributed by atoms with van der Waals surface area (Å²) in [6.45, 7) is 3.32. The van der Waals surface area contributed by atoms with Gasteiger partial charge < -0.3 is 26.6 Å². The van der Waals surface area contributed by atoms with Crippen molar-refractivity contribution in [2.45, 2.75) is 6.92 Å². The Bertz CT molecular complexity index is 473. The molecule has 3 amide bonds. The number of rotatable bonds is 6. The quantitative estimate of drug-likeness (QED) is 0.559. The first-order valence-corrected chi connectivity index (χ1v) is 7.00. The highest BCUT2D eigenvalue weighted by Gasteiger charge is 2.15. The van der Waals surface area contributed by atoms with Gasteiger partial charge in [0.05, 0.1) is 0 Å². The van der Waals surface area contributed by atoms with E-state index in [9.17, 15) is 9.59 Å². The van der Waals surface area contributed by atoms with E-state index in [2.05, 4.69) is 20.9 Å². The number of urea groups is 1. The summed E-state index contributed by atoms with van der Waals surface area (Å²) < 4.78 is 0. The van der Waals surface area contributed by atoms with Gasteiger partial charge in [-0.25, -0.2) is 9.78 Å². The summed E-state index contributed by atoms with van der Waals surface area (Å²) in [7, 11) is 3.29. The van der Waals surface area contributed by atoms with Crippen LogP contribution in [0.25, 0.3) is 0 Å². The van der Waals surface area contributed by atoms with Crippen molar-refractivity contribution in [1.29, 1.82) is 0 Å². The molecule has 1 heterocycles. The third-order valence-corrected chi connectivity index (χ3v) is 3.31. The van der Waals surface area contributed by atoms with Crippen LogP contribution in [0, 0.1) is 0 Å². The fourth-order valence-corrected chi connectivity index (χ4v) is 2.17. The van der Waals surface area contributed by atoms with Crippen molar-refractivity contribution in [3.63, 3.8) is 0 Å². The second-order valence-electron chi connectivity index (χ2n) is 4.15. The van der Waals surface area contributed by atoms with Gasteiger partial charge in [0.2, 0.25) is 0 Å². The molecule has 1 aromatic heterocycles. The van der Waals surface area contributed by atoms with E-state index in [4.69, 9.17) is 5.73 Å². The molecule has 8 nitrogen and oxygen atoms in total. The molecule has 0 aliphatic heterocycles. The van der Waals surface area contributed by atoms with Crippen molar-refractivity contribution < 1.29 is 9.59 Å². The van der Waals surface area contributed by atoms with Gasteiger partial charge in [-0.05, 0) is 6.92 Å². The highest BCUT2D eigenvalue weighted by molar-refractivity contribution is 7.18. The minimum Gasteiger partial charge on any atom is -0.382 e. The molecular weight excluding hydrogens is 280 g/mol. The van der Waals surface area contributed by atoms with Gasteiger partial charge in [-0.15, -0.1) is 0 Å².